The number of ether oxygens (including phenoxy) is 3. The third kappa shape index (κ3) is 5.06. The molecule has 0 radical (unpaired) electrons. The van der Waals surface area contributed by atoms with Gasteiger partial charge in [-0.25, -0.2) is 9.59 Å². The summed E-state index contributed by atoms with van der Waals surface area (Å²) in [7, 11) is 1.43. The van der Waals surface area contributed by atoms with Crippen molar-refractivity contribution in [3.8, 4) is 11.5 Å². The standard InChI is InChI=1S/C18H16Br2O5/c1-3-8-24-17(21)11-4-7-15(16(9-11)23-2)25-18(22)13-10-12(19)5-6-14(13)20/h4-7,9-10H,3,8H2,1-2H3. The Morgan fingerprint density at radius 2 is 1.76 bits per heavy atom. The summed E-state index contributed by atoms with van der Waals surface area (Å²) in [5.74, 6) is -0.516. The third-order valence-corrected chi connectivity index (χ3v) is 4.37. The van der Waals surface area contributed by atoms with E-state index >= 15 is 0 Å². The number of carbonyl (C=O) groups is 2. The van der Waals surface area contributed by atoms with Crippen LogP contribution in [0.4, 0.5) is 0 Å². The highest BCUT2D eigenvalue weighted by atomic mass is 79.9. The van der Waals surface area contributed by atoms with Crippen LogP contribution >= 0.6 is 31.9 Å². The first-order valence-corrected chi connectivity index (χ1v) is 9.07. The van der Waals surface area contributed by atoms with Crippen LogP contribution in [0.3, 0.4) is 0 Å². The molecular formula is C18H16Br2O5. The first kappa shape index (κ1) is 19.5. The minimum absolute atomic E-state index is 0.214. The smallest absolute Gasteiger partial charge is 0.344 e. The molecule has 0 heterocycles. The maximum atomic E-state index is 12.4. The second-order valence-electron chi connectivity index (χ2n) is 5.02. The summed E-state index contributed by atoms with van der Waals surface area (Å²) in [5, 5.41) is 0. The molecule has 0 spiro atoms. The lowest BCUT2D eigenvalue weighted by Gasteiger charge is -2.11. The van der Waals surface area contributed by atoms with Gasteiger partial charge in [0.1, 0.15) is 0 Å². The molecule has 0 N–H and O–H groups in total. The topological polar surface area (TPSA) is 61.8 Å². The lowest BCUT2D eigenvalue weighted by Crippen LogP contribution is -2.11. The van der Waals surface area contributed by atoms with Gasteiger partial charge in [-0.15, -0.1) is 0 Å². The molecule has 0 saturated heterocycles. The van der Waals surface area contributed by atoms with Gasteiger partial charge in [0.25, 0.3) is 0 Å². The molecule has 0 aliphatic heterocycles. The fourth-order valence-corrected chi connectivity index (χ4v) is 2.74. The van der Waals surface area contributed by atoms with Gasteiger partial charge in [-0.3, -0.25) is 0 Å². The van der Waals surface area contributed by atoms with Gasteiger partial charge < -0.3 is 14.2 Å². The maximum Gasteiger partial charge on any atom is 0.344 e. The van der Waals surface area contributed by atoms with E-state index in [1.807, 2.05) is 6.92 Å². The Morgan fingerprint density at radius 1 is 1.00 bits per heavy atom. The number of halogens is 2. The molecule has 132 valence electrons. The van der Waals surface area contributed by atoms with Crippen LogP contribution in [0, 0.1) is 0 Å². The second kappa shape index (κ2) is 9.01. The van der Waals surface area contributed by atoms with Crippen LogP contribution in [0.2, 0.25) is 0 Å². The van der Waals surface area contributed by atoms with Crippen molar-refractivity contribution in [2.45, 2.75) is 13.3 Å². The minimum Gasteiger partial charge on any atom is -0.493 e. The van der Waals surface area contributed by atoms with Crippen molar-refractivity contribution in [3.63, 3.8) is 0 Å². The molecular weight excluding hydrogens is 456 g/mol. The zero-order valence-corrected chi connectivity index (χ0v) is 16.8. The van der Waals surface area contributed by atoms with E-state index < -0.39 is 11.9 Å². The van der Waals surface area contributed by atoms with Crippen molar-refractivity contribution in [1.29, 1.82) is 0 Å². The van der Waals surface area contributed by atoms with Gasteiger partial charge in [0.05, 0.1) is 24.8 Å². The van der Waals surface area contributed by atoms with Crippen molar-refractivity contribution in [2.24, 2.45) is 0 Å². The molecule has 0 aliphatic carbocycles. The van der Waals surface area contributed by atoms with E-state index in [1.165, 1.54) is 25.3 Å². The van der Waals surface area contributed by atoms with Crippen molar-refractivity contribution >= 4 is 43.8 Å². The first-order valence-electron chi connectivity index (χ1n) is 7.48. The molecule has 2 rings (SSSR count). The number of hydrogen-bond acceptors (Lipinski definition) is 5. The molecule has 2 aromatic rings. The van der Waals surface area contributed by atoms with E-state index in [9.17, 15) is 9.59 Å². The number of methoxy groups -OCH3 is 1. The lowest BCUT2D eigenvalue weighted by molar-refractivity contribution is 0.0504. The predicted molar refractivity (Wildman–Crippen MR) is 100 cm³/mol. The summed E-state index contributed by atoms with van der Waals surface area (Å²) in [6.45, 7) is 2.26. The Balaban J connectivity index is 2.23. The normalized spacial score (nSPS) is 10.2. The van der Waals surface area contributed by atoms with E-state index in [1.54, 1.807) is 18.2 Å². The largest absolute Gasteiger partial charge is 0.493 e. The van der Waals surface area contributed by atoms with Crippen molar-refractivity contribution < 1.29 is 23.8 Å². The van der Waals surface area contributed by atoms with Crippen LogP contribution < -0.4 is 9.47 Å². The van der Waals surface area contributed by atoms with Crippen LogP contribution in [0.25, 0.3) is 0 Å². The van der Waals surface area contributed by atoms with E-state index in [0.29, 0.717) is 22.2 Å². The molecule has 25 heavy (non-hydrogen) atoms. The maximum absolute atomic E-state index is 12.4. The number of carbonyl (C=O) groups excluding carboxylic acids is 2. The SMILES string of the molecule is CCCOC(=O)c1ccc(OC(=O)c2cc(Br)ccc2Br)c(OC)c1. The van der Waals surface area contributed by atoms with Gasteiger partial charge in [0.15, 0.2) is 11.5 Å². The van der Waals surface area contributed by atoms with Crippen molar-refractivity contribution in [3.05, 3.63) is 56.5 Å². The first-order chi connectivity index (χ1) is 12.0. The molecule has 0 aliphatic rings. The Labute approximate surface area is 162 Å². The fourth-order valence-electron chi connectivity index (χ4n) is 1.97. The Kier molecular flexibility index (Phi) is 7.01. The van der Waals surface area contributed by atoms with Gasteiger partial charge in [0.2, 0.25) is 0 Å². The van der Waals surface area contributed by atoms with E-state index in [4.69, 9.17) is 14.2 Å². The molecule has 0 fully saturated rings. The van der Waals surface area contributed by atoms with Crippen molar-refractivity contribution in [1.82, 2.24) is 0 Å². The molecule has 7 heteroatoms. The van der Waals surface area contributed by atoms with Gasteiger partial charge >= 0.3 is 11.9 Å². The van der Waals surface area contributed by atoms with Gasteiger partial charge in [-0.2, -0.15) is 0 Å². The lowest BCUT2D eigenvalue weighted by atomic mass is 10.2. The van der Waals surface area contributed by atoms with Crippen LogP contribution in [0.1, 0.15) is 34.1 Å². The van der Waals surface area contributed by atoms with Gasteiger partial charge in [-0.1, -0.05) is 22.9 Å². The zero-order valence-electron chi connectivity index (χ0n) is 13.7. The summed E-state index contributed by atoms with van der Waals surface area (Å²) >= 11 is 6.64. The summed E-state index contributed by atoms with van der Waals surface area (Å²) in [6.07, 6.45) is 0.736. The number of hydrogen-bond donors (Lipinski definition) is 0. The average molecular weight is 472 g/mol. The highest BCUT2D eigenvalue weighted by Crippen LogP contribution is 2.30. The van der Waals surface area contributed by atoms with E-state index in [0.717, 1.165) is 10.9 Å². The molecule has 0 amide bonds. The third-order valence-electron chi connectivity index (χ3n) is 3.19. The van der Waals surface area contributed by atoms with E-state index in [-0.39, 0.29) is 11.5 Å². The van der Waals surface area contributed by atoms with Crippen LogP contribution in [-0.4, -0.2) is 25.7 Å². The quantitative estimate of drug-likeness (QED) is 0.438. The molecule has 0 saturated carbocycles. The molecule has 0 unspecified atom stereocenters. The van der Waals surface area contributed by atoms with Crippen LogP contribution in [0.5, 0.6) is 11.5 Å². The highest BCUT2D eigenvalue weighted by Gasteiger charge is 2.17. The van der Waals surface area contributed by atoms with Gasteiger partial charge in [0, 0.05) is 8.95 Å². The number of benzene rings is 2. The minimum atomic E-state index is -0.548. The van der Waals surface area contributed by atoms with Crippen LogP contribution in [0.15, 0.2) is 45.3 Å². The second-order valence-corrected chi connectivity index (χ2v) is 6.79. The molecule has 0 bridgehead atoms. The Hall–Kier alpha value is -1.86. The Bertz CT molecular complexity index is 789. The summed E-state index contributed by atoms with van der Waals surface area (Å²) in [4.78, 5) is 24.3. The van der Waals surface area contributed by atoms with Gasteiger partial charge in [-0.05, 0) is 58.7 Å². The number of rotatable bonds is 6. The zero-order chi connectivity index (χ0) is 18.4. The molecule has 0 atom stereocenters. The summed E-state index contributed by atoms with van der Waals surface area (Å²) in [5.41, 5.74) is 0.691. The molecule has 0 aromatic heterocycles. The number of esters is 2. The summed E-state index contributed by atoms with van der Waals surface area (Å²) in [6, 6.07) is 9.71. The predicted octanol–water partition coefficient (Wildman–Crippen LogP) is 5.01. The average Bonchev–Trinajstić information content (AvgIpc) is 2.61. The Morgan fingerprint density at radius 3 is 2.44 bits per heavy atom. The van der Waals surface area contributed by atoms with E-state index in [2.05, 4.69) is 31.9 Å². The van der Waals surface area contributed by atoms with Crippen molar-refractivity contribution in [2.75, 3.05) is 13.7 Å². The van der Waals surface area contributed by atoms with Crippen LogP contribution in [-0.2, 0) is 4.74 Å². The fraction of sp³-hybridized carbons (Fsp3) is 0.222. The molecule has 5 nitrogen and oxygen atoms in total. The summed E-state index contributed by atoms with van der Waals surface area (Å²) < 4.78 is 17.1. The monoisotopic (exact) mass is 470 g/mol. The molecule has 2 aromatic carbocycles. The highest BCUT2D eigenvalue weighted by molar-refractivity contribution is 9.11.